The van der Waals surface area contributed by atoms with Gasteiger partial charge in [0, 0.05) is 11.9 Å². The van der Waals surface area contributed by atoms with E-state index >= 15 is 0 Å². The summed E-state index contributed by atoms with van der Waals surface area (Å²) in [6.45, 7) is 5.16. The van der Waals surface area contributed by atoms with Crippen molar-refractivity contribution in [3.05, 3.63) is 28.4 Å². The van der Waals surface area contributed by atoms with Crippen molar-refractivity contribution in [2.24, 2.45) is 0 Å². The molecular weight excluding hydrogens is 264 g/mol. The Balaban J connectivity index is 1.96. The summed E-state index contributed by atoms with van der Waals surface area (Å²) in [4.78, 5) is 15.9. The second-order valence-corrected chi connectivity index (χ2v) is 5.57. The molecule has 0 amide bonds. The Labute approximate surface area is 116 Å². The van der Waals surface area contributed by atoms with E-state index in [2.05, 4.69) is 4.98 Å². The molecule has 3 rings (SSSR count). The molecule has 0 aliphatic carbocycles. The zero-order chi connectivity index (χ0) is 14.5. The Kier molecular flexibility index (Phi) is 3.17. The van der Waals surface area contributed by atoms with Crippen molar-refractivity contribution >= 4 is 0 Å². The molecule has 3 heterocycles. The number of hydrogen-bond acceptors (Lipinski definition) is 6. The summed E-state index contributed by atoms with van der Waals surface area (Å²) in [5.74, 6) is -0.757. The van der Waals surface area contributed by atoms with Gasteiger partial charge in [-0.1, -0.05) is 0 Å². The molecule has 1 N–H and O–H groups in total. The van der Waals surface area contributed by atoms with Crippen molar-refractivity contribution in [2.45, 2.75) is 51.1 Å². The van der Waals surface area contributed by atoms with E-state index in [1.807, 2.05) is 0 Å². The fourth-order valence-electron chi connectivity index (χ4n) is 2.72. The van der Waals surface area contributed by atoms with E-state index in [0.717, 1.165) is 0 Å². The summed E-state index contributed by atoms with van der Waals surface area (Å²) in [6.07, 6.45) is -0.363. The summed E-state index contributed by atoms with van der Waals surface area (Å²) in [7, 11) is 0. The van der Waals surface area contributed by atoms with E-state index < -0.39 is 36.0 Å². The molecule has 0 aromatic carbocycles. The van der Waals surface area contributed by atoms with Gasteiger partial charge in [-0.25, -0.2) is 4.79 Å². The van der Waals surface area contributed by atoms with Crippen LogP contribution < -0.4 is 5.69 Å². The number of hydrogen-bond donors (Lipinski definition) is 1. The number of ether oxygens (including phenoxy) is 3. The first-order valence-electron chi connectivity index (χ1n) is 6.59. The molecule has 0 bridgehead atoms. The lowest BCUT2D eigenvalue weighted by molar-refractivity contribution is -0.200. The van der Waals surface area contributed by atoms with Crippen LogP contribution >= 0.6 is 0 Å². The average Bonchev–Trinajstić information content (AvgIpc) is 2.83. The summed E-state index contributed by atoms with van der Waals surface area (Å²) < 4.78 is 18.6. The summed E-state index contributed by atoms with van der Waals surface area (Å²) in [6, 6.07) is 1.73. The molecule has 1 aromatic rings. The molecule has 1 aromatic heterocycles. The SMILES string of the molecule is Cc1ccn([C@@H]2O[C@H](CO)[C@H]3OC(C)(C)O[C@H]32)c(=O)n1. The van der Waals surface area contributed by atoms with Crippen molar-refractivity contribution in [1.29, 1.82) is 0 Å². The van der Waals surface area contributed by atoms with Crippen LogP contribution in [0.3, 0.4) is 0 Å². The second-order valence-electron chi connectivity index (χ2n) is 5.57. The van der Waals surface area contributed by atoms with Crippen LogP contribution in [0.2, 0.25) is 0 Å². The highest BCUT2D eigenvalue weighted by Gasteiger charge is 2.55. The minimum absolute atomic E-state index is 0.189. The van der Waals surface area contributed by atoms with Crippen molar-refractivity contribution < 1.29 is 19.3 Å². The van der Waals surface area contributed by atoms with Gasteiger partial charge in [-0.15, -0.1) is 0 Å². The molecule has 2 aliphatic heterocycles. The standard InChI is InChI=1S/C13H18N2O5/c1-7-4-5-15(12(17)14-7)11-10-9(8(6-16)18-11)19-13(2,3)20-10/h4-5,8-11,16H,6H2,1-3H3/t8-,9-,10-,11-/m1/s1. The summed E-state index contributed by atoms with van der Waals surface area (Å²) >= 11 is 0. The van der Waals surface area contributed by atoms with Gasteiger partial charge >= 0.3 is 5.69 Å². The first-order valence-corrected chi connectivity index (χ1v) is 6.59. The number of aliphatic hydroxyl groups excluding tert-OH is 1. The lowest BCUT2D eigenvalue weighted by Gasteiger charge is -2.24. The maximum atomic E-state index is 12.0. The quantitative estimate of drug-likeness (QED) is 0.819. The van der Waals surface area contributed by atoms with Crippen LogP contribution in [-0.2, 0) is 14.2 Å². The van der Waals surface area contributed by atoms with Gasteiger partial charge < -0.3 is 19.3 Å². The fraction of sp³-hybridized carbons (Fsp3) is 0.692. The monoisotopic (exact) mass is 282 g/mol. The van der Waals surface area contributed by atoms with Crippen LogP contribution in [0.25, 0.3) is 0 Å². The molecule has 7 heteroatoms. The third-order valence-corrected chi connectivity index (χ3v) is 3.55. The van der Waals surface area contributed by atoms with Gasteiger partial charge in [-0.05, 0) is 26.8 Å². The minimum atomic E-state index is -0.757. The topological polar surface area (TPSA) is 82.8 Å². The normalized spacial score (nSPS) is 35.2. The molecular formula is C13H18N2O5. The van der Waals surface area contributed by atoms with E-state index in [9.17, 15) is 9.90 Å². The Morgan fingerprint density at radius 3 is 2.75 bits per heavy atom. The molecule has 7 nitrogen and oxygen atoms in total. The molecule has 4 atom stereocenters. The van der Waals surface area contributed by atoms with E-state index in [0.29, 0.717) is 5.69 Å². The highest BCUT2D eigenvalue weighted by molar-refractivity contribution is 5.01. The highest BCUT2D eigenvalue weighted by atomic mass is 16.8. The van der Waals surface area contributed by atoms with E-state index in [1.54, 1.807) is 33.0 Å². The summed E-state index contributed by atoms with van der Waals surface area (Å²) in [5.41, 5.74) is 0.240. The number of aromatic nitrogens is 2. The van der Waals surface area contributed by atoms with Crippen molar-refractivity contribution in [3.63, 3.8) is 0 Å². The van der Waals surface area contributed by atoms with Crippen LogP contribution in [0.5, 0.6) is 0 Å². The van der Waals surface area contributed by atoms with Crippen LogP contribution in [0.1, 0.15) is 25.8 Å². The van der Waals surface area contributed by atoms with Gasteiger partial charge in [0.2, 0.25) is 0 Å². The van der Waals surface area contributed by atoms with Gasteiger partial charge in [0.15, 0.2) is 12.0 Å². The predicted octanol–water partition coefficient (Wildman–Crippen LogP) is -0.0385. The van der Waals surface area contributed by atoms with E-state index in [1.165, 1.54) is 4.57 Å². The van der Waals surface area contributed by atoms with E-state index in [4.69, 9.17) is 14.2 Å². The Hall–Kier alpha value is -1.28. The maximum Gasteiger partial charge on any atom is 0.349 e. The largest absolute Gasteiger partial charge is 0.394 e. The molecule has 0 unspecified atom stereocenters. The first kappa shape index (κ1) is 13.7. The van der Waals surface area contributed by atoms with Crippen molar-refractivity contribution in [3.8, 4) is 0 Å². The third kappa shape index (κ3) is 2.16. The van der Waals surface area contributed by atoms with Gasteiger partial charge in [0.1, 0.15) is 18.3 Å². The highest BCUT2D eigenvalue weighted by Crippen LogP contribution is 2.42. The maximum absolute atomic E-state index is 12.0. The molecule has 2 saturated heterocycles. The molecule has 2 aliphatic rings. The first-order chi connectivity index (χ1) is 9.41. The molecule has 0 radical (unpaired) electrons. The molecule has 2 fully saturated rings. The minimum Gasteiger partial charge on any atom is -0.394 e. The average molecular weight is 282 g/mol. The molecule has 20 heavy (non-hydrogen) atoms. The molecule has 110 valence electrons. The lowest BCUT2D eigenvalue weighted by atomic mass is 10.1. The molecule has 0 spiro atoms. The number of aryl methyl sites for hydroxylation is 1. The number of rotatable bonds is 2. The fourth-order valence-corrected chi connectivity index (χ4v) is 2.72. The van der Waals surface area contributed by atoms with Gasteiger partial charge in [-0.3, -0.25) is 4.57 Å². The number of fused-ring (bicyclic) bond motifs is 1. The molecule has 0 saturated carbocycles. The predicted molar refractivity (Wildman–Crippen MR) is 68.1 cm³/mol. The zero-order valence-corrected chi connectivity index (χ0v) is 11.6. The summed E-state index contributed by atoms with van der Waals surface area (Å²) in [5, 5.41) is 9.40. The van der Waals surface area contributed by atoms with Crippen LogP contribution in [-0.4, -0.2) is 45.4 Å². The Bertz CT molecular complexity index is 570. The Morgan fingerprint density at radius 2 is 2.10 bits per heavy atom. The smallest absolute Gasteiger partial charge is 0.349 e. The zero-order valence-electron chi connectivity index (χ0n) is 11.6. The number of aliphatic hydroxyl groups is 1. The van der Waals surface area contributed by atoms with Crippen LogP contribution in [0, 0.1) is 6.92 Å². The lowest BCUT2D eigenvalue weighted by Crippen LogP contribution is -2.34. The van der Waals surface area contributed by atoms with Gasteiger partial charge in [0.25, 0.3) is 0 Å². The second kappa shape index (κ2) is 4.63. The van der Waals surface area contributed by atoms with Crippen LogP contribution in [0.4, 0.5) is 0 Å². The Morgan fingerprint density at radius 1 is 1.40 bits per heavy atom. The van der Waals surface area contributed by atoms with Crippen LogP contribution in [0.15, 0.2) is 17.1 Å². The van der Waals surface area contributed by atoms with Crippen molar-refractivity contribution in [1.82, 2.24) is 9.55 Å². The van der Waals surface area contributed by atoms with Gasteiger partial charge in [0.05, 0.1) is 6.61 Å². The number of nitrogens with zero attached hydrogens (tertiary/aromatic N) is 2. The third-order valence-electron chi connectivity index (χ3n) is 3.55. The van der Waals surface area contributed by atoms with E-state index in [-0.39, 0.29) is 6.61 Å². The van der Waals surface area contributed by atoms with Gasteiger partial charge in [-0.2, -0.15) is 4.98 Å². The van der Waals surface area contributed by atoms with Crippen molar-refractivity contribution in [2.75, 3.05) is 6.61 Å².